The maximum absolute atomic E-state index is 12.2. The number of rotatable bonds is 4. The van der Waals surface area contributed by atoms with E-state index in [1.54, 1.807) is 7.05 Å². The Bertz CT molecular complexity index is 817. The van der Waals surface area contributed by atoms with Gasteiger partial charge >= 0.3 is 5.97 Å². The van der Waals surface area contributed by atoms with Gasteiger partial charge in [-0.1, -0.05) is 23.2 Å². The SMILES string of the molecule is Cn1cnc(S(=O)(=O)Nc2c(Cl)cc(Cl)cc2C(=O)O)c1. The zero-order chi connectivity index (χ0) is 15.8. The van der Waals surface area contributed by atoms with Gasteiger partial charge in [0, 0.05) is 18.3 Å². The molecule has 7 nitrogen and oxygen atoms in total. The predicted molar refractivity (Wildman–Crippen MR) is 77.4 cm³/mol. The van der Waals surface area contributed by atoms with Gasteiger partial charge in [-0.3, -0.25) is 4.72 Å². The highest BCUT2D eigenvalue weighted by atomic mass is 35.5. The summed E-state index contributed by atoms with van der Waals surface area (Å²) < 4.78 is 27.9. The molecule has 0 radical (unpaired) electrons. The summed E-state index contributed by atoms with van der Waals surface area (Å²) in [5, 5.41) is 8.81. The lowest BCUT2D eigenvalue weighted by molar-refractivity contribution is 0.0698. The van der Waals surface area contributed by atoms with Crippen molar-refractivity contribution in [3.63, 3.8) is 0 Å². The van der Waals surface area contributed by atoms with Crippen LogP contribution >= 0.6 is 23.2 Å². The summed E-state index contributed by atoms with van der Waals surface area (Å²) in [7, 11) is -2.46. The third-order valence-corrected chi connectivity index (χ3v) is 4.23. The molecule has 10 heteroatoms. The zero-order valence-electron chi connectivity index (χ0n) is 10.5. The smallest absolute Gasteiger partial charge is 0.337 e. The minimum atomic E-state index is -4.06. The van der Waals surface area contributed by atoms with E-state index in [0.717, 1.165) is 6.07 Å². The molecular weight excluding hydrogens is 341 g/mol. The molecule has 0 unspecified atom stereocenters. The van der Waals surface area contributed by atoms with Crippen LogP contribution in [-0.2, 0) is 17.1 Å². The molecule has 0 aliphatic rings. The third kappa shape index (κ3) is 3.29. The number of imidazole rings is 1. The van der Waals surface area contributed by atoms with Gasteiger partial charge < -0.3 is 9.67 Å². The van der Waals surface area contributed by atoms with Gasteiger partial charge in [-0.25, -0.2) is 9.78 Å². The molecule has 0 spiro atoms. The molecule has 0 aliphatic carbocycles. The van der Waals surface area contributed by atoms with Gasteiger partial charge in [0.2, 0.25) is 0 Å². The van der Waals surface area contributed by atoms with E-state index in [1.807, 2.05) is 0 Å². The maximum atomic E-state index is 12.2. The fourth-order valence-corrected chi connectivity index (χ4v) is 3.24. The number of hydrogen-bond acceptors (Lipinski definition) is 4. The normalized spacial score (nSPS) is 11.4. The predicted octanol–water partition coefficient (Wildman–Crippen LogP) is 2.23. The summed E-state index contributed by atoms with van der Waals surface area (Å²) in [6.45, 7) is 0. The van der Waals surface area contributed by atoms with E-state index in [0.29, 0.717) is 0 Å². The first-order valence-electron chi connectivity index (χ1n) is 5.44. The Balaban J connectivity index is 2.51. The molecule has 0 bridgehead atoms. The fraction of sp³-hybridized carbons (Fsp3) is 0.0909. The molecule has 1 aromatic carbocycles. The van der Waals surface area contributed by atoms with Crippen LogP contribution in [0.1, 0.15) is 10.4 Å². The van der Waals surface area contributed by atoms with Gasteiger partial charge in [0.05, 0.1) is 22.6 Å². The number of anilines is 1. The summed E-state index contributed by atoms with van der Waals surface area (Å²) >= 11 is 11.6. The van der Waals surface area contributed by atoms with E-state index < -0.39 is 16.0 Å². The van der Waals surface area contributed by atoms with E-state index in [-0.39, 0.29) is 26.3 Å². The molecule has 0 saturated heterocycles. The van der Waals surface area contributed by atoms with Crippen molar-refractivity contribution in [2.45, 2.75) is 5.03 Å². The van der Waals surface area contributed by atoms with Gasteiger partial charge in [-0.15, -0.1) is 0 Å². The molecule has 0 atom stereocenters. The molecule has 0 aliphatic heterocycles. The molecule has 2 rings (SSSR count). The number of carboxylic acids is 1. The Hall–Kier alpha value is -1.77. The van der Waals surface area contributed by atoms with Crippen LogP contribution in [0.15, 0.2) is 29.7 Å². The second-order valence-electron chi connectivity index (χ2n) is 4.10. The number of carbonyl (C=O) groups is 1. The molecule has 1 aromatic heterocycles. The first-order chi connectivity index (χ1) is 9.70. The lowest BCUT2D eigenvalue weighted by atomic mass is 10.2. The van der Waals surface area contributed by atoms with E-state index in [1.165, 1.54) is 23.2 Å². The van der Waals surface area contributed by atoms with Crippen LogP contribution in [0.25, 0.3) is 0 Å². The number of aromatic nitrogens is 2. The average Bonchev–Trinajstić information content (AvgIpc) is 2.79. The van der Waals surface area contributed by atoms with Crippen LogP contribution in [0.4, 0.5) is 5.69 Å². The number of hydrogen-bond donors (Lipinski definition) is 2. The number of aromatic carboxylic acids is 1. The van der Waals surface area contributed by atoms with Crippen molar-refractivity contribution in [3.05, 3.63) is 40.3 Å². The molecule has 2 N–H and O–H groups in total. The minimum Gasteiger partial charge on any atom is -0.478 e. The van der Waals surface area contributed by atoms with E-state index in [2.05, 4.69) is 9.71 Å². The Morgan fingerprint density at radius 1 is 1.38 bits per heavy atom. The lowest BCUT2D eigenvalue weighted by Crippen LogP contribution is -2.16. The van der Waals surface area contributed by atoms with Crippen molar-refractivity contribution < 1.29 is 18.3 Å². The van der Waals surface area contributed by atoms with Gasteiger partial charge in [0.15, 0.2) is 5.03 Å². The molecule has 2 aromatic rings. The van der Waals surface area contributed by atoms with Gasteiger partial charge in [-0.05, 0) is 12.1 Å². The van der Waals surface area contributed by atoms with Crippen LogP contribution in [0.5, 0.6) is 0 Å². The number of aryl methyl sites for hydroxylation is 1. The third-order valence-electron chi connectivity index (χ3n) is 2.48. The van der Waals surface area contributed by atoms with Crippen molar-refractivity contribution in [1.29, 1.82) is 0 Å². The number of nitrogens with zero attached hydrogens (tertiary/aromatic N) is 2. The van der Waals surface area contributed by atoms with Crippen molar-refractivity contribution >= 4 is 44.9 Å². The Labute approximate surface area is 130 Å². The number of nitrogens with one attached hydrogen (secondary N) is 1. The maximum Gasteiger partial charge on any atom is 0.337 e. The zero-order valence-corrected chi connectivity index (χ0v) is 12.9. The van der Waals surface area contributed by atoms with Crippen LogP contribution in [0.3, 0.4) is 0 Å². The molecule has 21 heavy (non-hydrogen) atoms. The van der Waals surface area contributed by atoms with Crippen LogP contribution in [-0.4, -0.2) is 29.0 Å². The Morgan fingerprint density at radius 3 is 2.57 bits per heavy atom. The first-order valence-corrected chi connectivity index (χ1v) is 7.68. The Kier molecular flexibility index (Phi) is 4.13. The molecule has 1 heterocycles. The van der Waals surface area contributed by atoms with Crippen molar-refractivity contribution in [1.82, 2.24) is 9.55 Å². The summed E-state index contributed by atoms with van der Waals surface area (Å²) in [6.07, 6.45) is 2.57. The van der Waals surface area contributed by atoms with Crippen molar-refractivity contribution in [2.24, 2.45) is 7.05 Å². The number of sulfonamides is 1. The Morgan fingerprint density at radius 2 is 2.05 bits per heavy atom. The van der Waals surface area contributed by atoms with Crippen molar-refractivity contribution in [2.75, 3.05) is 4.72 Å². The van der Waals surface area contributed by atoms with Gasteiger partial charge in [0.25, 0.3) is 10.0 Å². The monoisotopic (exact) mass is 349 g/mol. The fourth-order valence-electron chi connectivity index (χ4n) is 1.56. The molecule has 0 amide bonds. The summed E-state index contributed by atoms with van der Waals surface area (Å²) in [5.74, 6) is -1.36. The van der Waals surface area contributed by atoms with Gasteiger partial charge in [-0.2, -0.15) is 8.42 Å². The quantitative estimate of drug-likeness (QED) is 0.881. The molecule has 0 fully saturated rings. The second-order valence-corrected chi connectivity index (χ2v) is 6.57. The van der Waals surface area contributed by atoms with Crippen LogP contribution in [0.2, 0.25) is 10.0 Å². The number of halogens is 2. The molecule has 0 saturated carbocycles. The van der Waals surface area contributed by atoms with Gasteiger partial charge in [0.1, 0.15) is 0 Å². The van der Waals surface area contributed by atoms with Crippen LogP contribution < -0.4 is 4.72 Å². The number of carboxylic acid groups (broad SMARTS) is 1. The largest absolute Gasteiger partial charge is 0.478 e. The molecule has 112 valence electrons. The van der Waals surface area contributed by atoms with E-state index >= 15 is 0 Å². The minimum absolute atomic E-state index is 0.0817. The topological polar surface area (TPSA) is 101 Å². The standard InChI is InChI=1S/C11H9Cl2N3O4S/c1-16-4-9(14-5-16)21(19,20)15-10-7(11(17)18)2-6(12)3-8(10)13/h2-5,15H,1H3,(H,17,18). The average molecular weight is 350 g/mol. The highest BCUT2D eigenvalue weighted by Gasteiger charge is 2.23. The number of benzene rings is 1. The van der Waals surface area contributed by atoms with Crippen LogP contribution in [0, 0.1) is 0 Å². The highest BCUT2D eigenvalue weighted by molar-refractivity contribution is 7.92. The summed E-state index contributed by atoms with van der Waals surface area (Å²) in [5.41, 5.74) is -0.619. The molecular formula is C11H9Cl2N3O4S. The summed E-state index contributed by atoms with van der Waals surface area (Å²) in [6, 6.07) is 2.35. The lowest BCUT2D eigenvalue weighted by Gasteiger charge is -2.11. The first kappa shape index (κ1) is 15.6. The van der Waals surface area contributed by atoms with E-state index in [4.69, 9.17) is 28.3 Å². The second kappa shape index (κ2) is 5.55. The summed E-state index contributed by atoms with van der Waals surface area (Å²) in [4.78, 5) is 14.9. The highest BCUT2D eigenvalue weighted by Crippen LogP contribution is 2.31. The van der Waals surface area contributed by atoms with E-state index in [9.17, 15) is 13.2 Å². The van der Waals surface area contributed by atoms with Crippen molar-refractivity contribution in [3.8, 4) is 0 Å².